The van der Waals surface area contributed by atoms with E-state index in [0.29, 0.717) is 12.2 Å². The third-order valence-electron chi connectivity index (χ3n) is 4.27. The number of esters is 1. The molecule has 0 aliphatic carbocycles. The molecular weight excluding hydrogens is 358 g/mol. The molecule has 1 N–H and O–H groups in total. The van der Waals surface area contributed by atoms with Crippen LogP contribution in [0.2, 0.25) is 0 Å². The first-order chi connectivity index (χ1) is 12.9. The van der Waals surface area contributed by atoms with Crippen LogP contribution < -0.4 is 10.1 Å². The summed E-state index contributed by atoms with van der Waals surface area (Å²) in [6, 6.07) is 4.74. The molecule has 0 saturated heterocycles. The van der Waals surface area contributed by atoms with Gasteiger partial charge in [0.2, 0.25) is 0 Å². The molecule has 2 rings (SSSR count). The average molecular weight is 382 g/mol. The highest BCUT2D eigenvalue weighted by Crippen LogP contribution is 2.36. The Bertz CT molecular complexity index is 721. The lowest BCUT2D eigenvalue weighted by Gasteiger charge is -2.35. The van der Waals surface area contributed by atoms with Crippen LogP contribution in [0, 0.1) is 0 Å². The SMILES string of the molecule is CCCCN1C(=O)NC(c2ccccc2OC(F)F)C(C(=O)OCC)=C1C. The average Bonchev–Trinajstić information content (AvgIpc) is 2.61. The summed E-state index contributed by atoms with van der Waals surface area (Å²) in [5, 5.41) is 2.73. The van der Waals surface area contributed by atoms with Gasteiger partial charge >= 0.3 is 18.6 Å². The van der Waals surface area contributed by atoms with Gasteiger partial charge in [-0.25, -0.2) is 9.59 Å². The van der Waals surface area contributed by atoms with Crippen LogP contribution in [0.1, 0.15) is 45.2 Å². The van der Waals surface area contributed by atoms with Crippen molar-refractivity contribution in [3.8, 4) is 5.75 Å². The fraction of sp³-hybridized carbons (Fsp3) is 0.474. The van der Waals surface area contributed by atoms with Gasteiger partial charge in [-0.3, -0.25) is 4.90 Å². The minimum absolute atomic E-state index is 0.102. The van der Waals surface area contributed by atoms with E-state index in [9.17, 15) is 18.4 Å². The molecule has 1 aliphatic heterocycles. The van der Waals surface area contributed by atoms with Crippen LogP contribution in [0.15, 0.2) is 35.5 Å². The van der Waals surface area contributed by atoms with Gasteiger partial charge < -0.3 is 14.8 Å². The number of alkyl halides is 2. The number of unbranched alkanes of at least 4 members (excludes halogenated alkanes) is 1. The Balaban J connectivity index is 2.53. The van der Waals surface area contributed by atoms with Gasteiger partial charge in [-0.1, -0.05) is 31.5 Å². The Kier molecular flexibility index (Phi) is 7.15. The van der Waals surface area contributed by atoms with Gasteiger partial charge in [0.25, 0.3) is 0 Å². The highest BCUT2D eigenvalue weighted by molar-refractivity contribution is 5.95. The fourth-order valence-corrected chi connectivity index (χ4v) is 3.00. The number of nitrogens with one attached hydrogen (secondary N) is 1. The molecule has 27 heavy (non-hydrogen) atoms. The van der Waals surface area contributed by atoms with E-state index >= 15 is 0 Å². The molecule has 2 amide bonds. The van der Waals surface area contributed by atoms with Crippen LogP contribution >= 0.6 is 0 Å². The maximum absolute atomic E-state index is 12.8. The van der Waals surface area contributed by atoms with Crippen molar-refractivity contribution in [1.29, 1.82) is 0 Å². The Labute approximate surface area is 157 Å². The zero-order valence-electron chi connectivity index (χ0n) is 15.6. The number of ether oxygens (including phenoxy) is 2. The number of carbonyl (C=O) groups excluding carboxylic acids is 2. The zero-order valence-corrected chi connectivity index (χ0v) is 15.6. The third kappa shape index (κ3) is 4.75. The minimum atomic E-state index is -3.03. The number of benzene rings is 1. The molecular formula is C19H24F2N2O4. The molecule has 1 aliphatic rings. The molecule has 1 heterocycles. The highest BCUT2D eigenvalue weighted by Gasteiger charge is 2.37. The van der Waals surface area contributed by atoms with E-state index in [4.69, 9.17) is 4.74 Å². The van der Waals surface area contributed by atoms with Gasteiger partial charge in [-0.2, -0.15) is 8.78 Å². The third-order valence-corrected chi connectivity index (χ3v) is 4.27. The number of carbonyl (C=O) groups is 2. The van der Waals surface area contributed by atoms with Crippen LogP contribution in [0.3, 0.4) is 0 Å². The van der Waals surface area contributed by atoms with Gasteiger partial charge in [0.05, 0.1) is 18.2 Å². The first-order valence-corrected chi connectivity index (χ1v) is 8.90. The van der Waals surface area contributed by atoms with E-state index in [1.807, 2.05) is 6.92 Å². The van der Waals surface area contributed by atoms with Crippen LogP contribution in [0.5, 0.6) is 5.75 Å². The molecule has 0 spiro atoms. The number of para-hydroxylation sites is 1. The lowest BCUT2D eigenvalue weighted by atomic mass is 9.94. The summed E-state index contributed by atoms with van der Waals surface area (Å²) in [6.45, 7) is 2.90. The molecule has 1 aromatic carbocycles. The summed E-state index contributed by atoms with van der Waals surface area (Å²) >= 11 is 0. The predicted octanol–water partition coefficient (Wildman–Crippen LogP) is 3.99. The maximum Gasteiger partial charge on any atom is 0.387 e. The van der Waals surface area contributed by atoms with Crippen molar-refractivity contribution >= 4 is 12.0 Å². The predicted molar refractivity (Wildman–Crippen MR) is 95.3 cm³/mol. The second-order valence-electron chi connectivity index (χ2n) is 6.02. The van der Waals surface area contributed by atoms with Crippen molar-refractivity contribution in [2.45, 2.75) is 46.3 Å². The summed E-state index contributed by atoms with van der Waals surface area (Å²) in [4.78, 5) is 26.7. The van der Waals surface area contributed by atoms with Crippen molar-refractivity contribution in [2.75, 3.05) is 13.2 Å². The Hall–Kier alpha value is -2.64. The number of hydrogen-bond acceptors (Lipinski definition) is 4. The number of halogens is 2. The van der Waals surface area contributed by atoms with Crippen molar-refractivity contribution < 1.29 is 27.8 Å². The van der Waals surface area contributed by atoms with Gasteiger partial charge in [0, 0.05) is 17.8 Å². The molecule has 8 heteroatoms. The number of nitrogens with zero attached hydrogens (tertiary/aromatic N) is 1. The summed E-state index contributed by atoms with van der Waals surface area (Å²) in [7, 11) is 0. The minimum Gasteiger partial charge on any atom is -0.463 e. The summed E-state index contributed by atoms with van der Waals surface area (Å²) < 4.78 is 35.3. The molecule has 1 aromatic rings. The topological polar surface area (TPSA) is 67.9 Å². The Morgan fingerprint density at radius 2 is 2.00 bits per heavy atom. The largest absolute Gasteiger partial charge is 0.463 e. The Morgan fingerprint density at radius 3 is 2.63 bits per heavy atom. The van der Waals surface area contributed by atoms with E-state index in [-0.39, 0.29) is 23.5 Å². The smallest absolute Gasteiger partial charge is 0.387 e. The number of allylic oxidation sites excluding steroid dienone is 1. The molecule has 0 bridgehead atoms. The van der Waals surface area contributed by atoms with Gasteiger partial charge in [-0.05, 0) is 26.3 Å². The molecule has 0 aromatic heterocycles. The van der Waals surface area contributed by atoms with Gasteiger partial charge in [0.1, 0.15) is 5.75 Å². The highest BCUT2D eigenvalue weighted by atomic mass is 19.3. The lowest BCUT2D eigenvalue weighted by molar-refractivity contribution is -0.139. The van der Waals surface area contributed by atoms with Crippen LogP contribution in [-0.4, -0.2) is 36.7 Å². The van der Waals surface area contributed by atoms with E-state index in [2.05, 4.69) is 10.1 Å². The van der Waals surface area contributed by atoms with Crippen molar-refractivity contribution in [1.82, 2.24) is 10.2 Å². The lowest BCUT2D eigenvalue weighted by Crippen LogP contribution is -2.48. The van der Waals surface area contributed by atoms with Crippen molar-refractivity contribution in [3.63, 3.8) is 0 Å². The molecule has 0 saturated carbocycles. The molecule has 1 unspecified atom stereocenters. The summed E-state index contributed by atoms with van der Waals surface area (Å²) in [5.74, 6) is -0.706. The standard InChI is InChI=1S/C19H24F2N2O4/c1-4-6-11-23-12(3)15(17(24)26-5-2)16(22-19(23)25)13-9-7-8-10-14(13)27-18(20)21/h7-10,16,18H,4-6,11H2,1-3H3,(H,22,25). The van der Waals surface area contributed by atoms with Crippen molar-refractivity contribution in [2.24, 2.45) is 0 Å². The van der Waals surface area contributed by atoms with E-state index < -0.39 is 24.7 Å². The van der Waals surface area contributed by atoms with Crippen molar-refractivity contribution in [3.05, 3.63) is 41.1 Å². The number of hydrogen-bond donors (Lipinski definition) is 1. The van der Waals surface area contributed by atoms with Crippen LogP contribution in [-0.2, 0) is 9.53 Å². The van der Waals surface area contributed by atoms with Crippen LogP contribution in [0.25, 0.3) is 0 Å². The van der Waals surface area contributed by atoms with E-state index in [1.165, 1.54) is 17.0 Å². The number of amides is 2. The molecule has 6 nitrogen and oxygen atoms in total. The molecule has 1 atom stereocenters. The molecule has 0 fully saturated rings. The monoisotopic (exact) mass is 382 g/mol. The van der Waals surface area contributed by atoms with Gasteiger partial charge in [-0.15, -0.1) is 0 Å². The zero-order chi connectivity index (χ0) is 20.0. The number of urea groups is 1. The molecule has 0 radical (unpaired) electrons. The van der Waals surface area contributed by atoms with Gasteiger partial charge in [0.15, 0.2) is 0 Å². The second-order valence-corrected chi connectivity index (χ2v) is 6.02. The summed E-state index contributed by atoms with van der Waals surface area (Å²) in [5.41, 5.74) is 0.920. The first kappa shape index (κ1) is 20.7. The second kappa shape index (κ2) is 9.34. The van der Waals surface area contributed by atoms with E-state index in [0.717, 1.165) is 12.8 Å². The Morgan fingerprint density at radius 1 is 1.30 bits per heavy atom. The first-order valence-electron chi connectivity index (χ1n) is 8.90. The number of rotatable bonds is 8. The van der Waals surface area contributed by atoms with E-state index in [1.54, 1.807) is 26.0 Å². The normalized spacial score (nSPS) is 17.2. The maximum atomic E-state index is 12.8. The van der Waals surface area contributed by atoms with Crippen LogP contribution in [0.4, 0.5) is 13.6 Å². The fourth-order valence-electron chi connectivity index (χ4n) is 3.00. The summed E-state index contributed by atoms with van der Waals surface area (Å²) in [6.07, 6.45) is 1.64. The quantitative estimate of drug-likeness (QED) is 0.691. The molecule has 148 valence electrons.